The Kier molecular flexibility index (Phi) is 2.74. The fraction of sp³-hybridized carbons (Fsp3) is 0.625. The number of hydrogen-bond acceptors (Lipinski definition) is 4. The third-order valence-corrected chi connectivity index (χ3v) is 3.92. The lowest BCUT2D eigenvalue weighted by molar-refractivity contribution is -0.118. The zero-order valence-corrected chi connectivity index (χ0v) is 9.06. The van der Waals surface area contributed by atoms with Crippen molar-refractivity contribution >= 4 is 29.4 Å². The van der Waals surface area contributed by atoms with Gasteiger partial charge in [-0.05, 0) is 5.75 Å². The van der Waals surface area contributed by atoms with Gasteiger partial charge in [0.15, 0.2) is 0 Å². The summed E-state index contributed by atoms with van der Waals surface area (Å²) in [6.45, 7) is 2.09. The van der Waals surface area contributed by atoms with Gasteiger partial charge in [-0.15, -0.1) is 11.8 Å². The van der Waals surface area contributed by atoms with Gasteiger partial charge in [0, 0.05) is 22.8 Å². The number of rotatable bonds is 2. The topological polar surface area (TPSA) is 41.1 Å². The van der Waals surface area contributed by atoms with E-state index < -0.39 is 0 Å². The quantitative estimate of drug-likeness (QED) is 0.714. The van der Waals surface area contributed by atoms with Crippen LogP contribution in [0, 0.1) is 0 Å². The lowest BCUT2D eigenvalue weighted by Crippen LogP contribution is -2.48. The molecule has 2 heterocycles. The first kappa shape index (κ1) is 9.27. The number of nitrogens with one attached hydrogen (secondary N) is 2. The van der Waals surface area contributed by atoms with Crippen molar-refractivity contribution in [1.29, 1.82) is 0 Å². The summed E-state index contributed by atoms with van der Waals surface area (Å²) < 4.78 is 0. The third-order valence-electron chi connectivity index (χ3n) is 2.03. The summed E-state index contributed by atoms with van der Waals surface area (Å²) in [4.78, 5) is 11.5. The highest BCUT2D eigenvalue weighted by Crippen LogP contribution is 2.26. The molecule has 2 aliphatic heterocycles. The molecule has 0 saturated heterocycles. The van der Waals surface area contributed by atoms with E-state index in [4.69, 9.17) is 0 Å². The molecule has 0 unspecified atom stereocenters. The summed E-state index contributed by atoms with van der Waals surface area (Å²) in [5.41, 5.74) is 2.16. The lowest BCUT2D eigenvalue weighted by atomic mass is 10.2. The first-order chi connectivity index (χ1) is 6.31. The molecule has 0 aromatic rings. The molecule has 0 aromatic carbocycles. The van der Waals surface area contributed by atoms with Crippen molar-refractivity contribution in [3.8, 4) is 0 Å². The van der Waals surface area contributed by atoms with Gasteiger partial charge in [0.05, 0.1) is 0 Å². The van der Waals surface area contributed by atoms with Crippen LogP contribution in [0.25, 0.3) is 0 Å². The fourth-order valence-electron chi connectivity index (χ4n) is 1.41. The van der Waals surface area contributed by atoms with Crippen molar-refractivity contribution in [2.75, 3.05) is 17.3 Å². The molecule has 0 bridgehead atoms. The van der Waals surface area contributed by atoms with Crippen LogP contribution >= 0.6 is 23.5 Å². The lowest BCUT2D eigenvalue weighted by Gasteiger charge is -2.26. The fourth-order valence-corrected chi connectivity index (χ4v) is 3.23. The van der Waals surface area contributed by atoms with Crippen LogP contribution < -0.4 is 10.6 Å². The van der Waals surface area contributed by atoms with E-state index in [-0.39, 0.29) is 11.4 Å². The average molecular weight is 216 g/mol. The van der Waals surface area contributed by atoms with Crippen LogP contribution in [0.2, 0.25) is 0 Å². The minimum Gasteiger partial charge on any atom is -0.359 e. The second-order valence-corrected chi connectivity index (χ2v) is 5.27. The van der Waals surface area contributed by atoms with Crippen molar-refractivity contribution < 1.29 is 4.79 Å². The summed E-state index contributed by atoms with van der Waals surface area (Å²) in [6.07, 6.45) is 0. The maximum Gasteiger partial charge on any atom is 0.252 e. The molecule has 13 heavy (non-hydrogen) atoms. The van der Waals surface area contributed by atoms with E-state index in [1.165, 1.54) is 0 Å². The minimum atomic E-state index is 0.0787. The summed E-state index contributed by atoms with van der Waals surface area (Å²) >= 11 is 3.52. The SMILES string of the molecule is CCS[C@H]1NC(=O)C2=C(CSC2)N1. The van der Waals surface area contributed by atoms with E-state index in [2.05, 4.69) is 17.6 Å². The van der Waals surface area contributed by atoms with Gasteiger partial charge in [-0.25, -0.2) is 0 Å². The van der Waals surface area contributed by atoms with Gasteiger partial charge in [0.1, 0.15) is 5.50 Å². The van der Waals surface area contributed by atoms with Crippen LogP contribution in [0.1, 0.15) is 6.92 Å². The number of hydrogen-bond donors (Lipinski definition) is 2. The Balaban J connectivity index is 2.09. The largest absolute Gasteiger partial charge is 0.359 e. The van der Waals surface area contributed by atoms with Gasteiger partial charge in [-0.2, -0.15) is 11.8 Å². The molecular formula is C8H12N2OS2. The Labute approximate surface area is 86.1 Å². The van der Waals surface area contributed by atoms with Crippen LogP contribution in [0.4, 0.5) is 0 Å². The monoisotopic (exact) mass is 216 g/mol. The molecule has 3 nitrogen and oxygen atoms in total. The molecule has 0 aromatic heterocycles. The average Bonchev–Trinajstić information content (AvgIpc) is 2.53. The Morgan fingerprint density at radius 2 is 2.38 bits per heavy atom. The van der Waals surface area contributed by atoms with Crippen LogP contribution in [0.3, 0.4) is 0 Å². The van der Waals surface area contributed by atoms with Gasteiger partial charge >= 0.3 is 0 Å². The molecule has 2 N–H and O–H groups in total. The Morgan fingerprint density at radius 1 is 1.54 bits per heavy atom. The van der Waals surface area contributed by atoms with E-state index >= 15 is 0 Å². The third kappa shape index (κ3) is 1.81. The molecule has 72 valence electrons. The molecule has 0 saturated carbocycles. The molecule has 0 spiro atoms. The van der Waals surface area contributed by atoms with E-state index in [0.29, 0.717) is 0 Å². The maximum absolute atomic E-state index is 11.5. The van der Waals surface area contributed by atoms with Crippen LogP contribution in [-0.4, -0.2) is 28.7 Å². The number of thioether (sulfide) groups is 2. The molecule has 1 amide bonds. The molecule has 0 fully saturated rings. The molecular weight excluding hydrogens is 204 g/mol. The summed E-state index contributed by atoms with van der Waals surface area (Å²) in [6, 6.07) is 0. The van der Waals surface area contributed by atoms with Crippen LogP contribution in [0.15, 0.2) is 11.3 Å². The van der Waals surface area contributed by atoms with Crippen LogP contribution in [-0.2, 0) is 4.79 Å². The number of carbonyl (C=O) groups is 1. The van der Waals surface area contributed by atoms with Gasteiger partial charge in [-0.3, -0.25) is 4.79 Å². The van der Waals surface area contributed by atoms with Crippen molar-refractivity contribution in [3.05, 3.63) is 11.3 Å². The van der Waals surface area contributed by atoms with Gasteiger partial charge < -0.3 is 10.6 Å². The number of amides is 1. The van der Waals surface area contributed by atoms with Crippen molar-refractivity contribution in [3.63, 3.8) is 0 Å². The normalized spacial score (nSPS) is 26.8. The van der Waals surface area contributed by atoms with E-state index in [1.807, 2.05) is 0 Å². The van der Waals surface area contributed by atoms with Crippen LogP contribution in [0.5, 0.6) is 0 Å². The Bertz CT molecular complexity index is 265. The standard InChI is InChI=1S/C8H12N2OS2/c1-2-13-8-9-6-4-12-3-5(6)7(11)10-8/h8-9H,2-4H2,1H3,(H,10,11)/t8-/m1/s1. The van der Waals surface area contributed by atoms with E-state index in [1.54, 1.807) is 23.5 Å². The molecule has 5 heteroatoms. The smallest absolute Gasteiger partial charge is 0.252 e. The summed E-state index contributed by atoms with van der Waals surface area (Å²) in [5.74, 6) is 2.94. The second-order valence-electron chi connectivity index (χ2n) is 2.90. The van der Waals surface area contributed by atoms with E-state index in [0.717, 1.165) is 28.5 Å². The van der Waals surface area contributed by atoms with E-state index in [9.17, 15) is 4.79 Å². The highest BCUT2D eigenvalue weighted by molar-refractivity contribution is 8.00. The van der Waals surface area contributed by atoms with Gasteiger partial charge in [0.25, 0.3) is 5.91 Å². The zero-order valence-electron chi connectivity index (χ0n) is 7.42. The predicted molar refractivity (Wildman–Crippen MR) is 57.5 cm³/mol. The van der Waals surface area contributed by atoms with Crippen molar-refractivity contribution in [1.82, 2.24) is 10.6 Å². The first-order valence-electron chi connectivity index (χ1n) is 4.30. The molecule has 2 aliphatic rings. The highest BCUT2D eigenvalue weighted by atomic mass is 32.2. The maximum atomic E-state index is 11.5. The summed E-state index contributed by atoms with van der Waals surface area (Å²) in [5, 5.41) is 6.27. The Morgan fingerprint density at radius 3 is 3.15 bits per heavy atom. The van der Waals surface area contributed by atoms with Crippen molar-refractivity contribution in [2.24, 2.45) is 0 Å². The zero-order chi connectivity index (χ0) is 9.26. The highest BCUT2D eigenvalue weighted by Gasteiger charge is 2.29. The first-order valence-corrected chi connectivity index (χ1v) is 6.50. The van der Waals surface area contributed by atoms with Gasteiger partial charge in [0.2, 0.25) is 0 Å². The minimum absolute atomic E-state index is 0.0787. The van der Waals surface area contributed by atoms with Gasteiger partial charge in [-0.1, -0.05) is 6.92 Å². The number of carbonyl (C=O) groups excluding carboxylic acids is 1. The Hall–Kier alpha value is -0.290. The molecule has 0 aliphatic carbocycles. The second kappa shape index (κ2) is 3.84. The molecule has 2 rings (SSSR count). The molecule has 0 radical (unpaired) electrons. The predicted octanol–water partition coefficient (Wildman–Crippen LogP) is 0.743. The molecule has 1 atom stereocenters. The van der Waals surface area contributed by atoms with Crippen molar-refractivity contribution in [2.45, 2.75) is 12.4 Å². The summed E-state index contributed by atoms with van der Waals surface area (Å²) in [7, 11) is 0.